The molecule has 0 bridgehead atoms. The van der Waals surface area contributed by atoms with Gasteiger partial charge in [0.25, 0.3) is 5.91 Å². The summed E-state index contributed by atoms with van der Waals surface area (Å²) in [4.78, 5) is 14.8. The van der Waals surface area contributed by atoms with Crippen LogP contribution >= 0.6 is 11.3 Å². The molecule has 146 valence electrons. The number of anilines is 1. The molecule has 0 spiro atoms. The van der Waals surface area contributed by atoms with Crippen LogP contribution in [-0.2, 0) is 22.9 Å². The van der Waals surface area contributed by atoms with Crippen molar-refractivity contribution in [3.8, 4) is 0 Å². The minimum Gasteiger partial charge on any atom is -0.321 e. The molecule has 1 aliphatic carbocycles. The van der Waals surface area contributed by atoms with Crippen molar-refractivity contribution in [1.82, 2.24) is 4.72 Å². The Labute approximate surface area is 165 Å². The monoisotopic (exact) mass is 406 g/mol. The van der Waals surface area contributed by atoms with Gasteiger partial charge in [-0.15, -0.1) is 11.3 Å². The Balaban J connectivity index is 1.69. The molecular weight excluding hydrogens is 380 g/mol. The zero-order chi connectivity index (χ0) is 19.6. The van der Waals surface area contributed by atoms with Crippen molar-refractivity contribution in [3.05, 3.63) is 45.6 Å². The molecule has 1 heterocycles. The molecule has 1 aliphatic rings. The fraction of sp³-hybridized carbons (Fsp3) is 0.450. The Morgan fingerprint density at radius 2 is 1.96 bits per heavy atom. The highest BCUT2D eigenvalue weighted by Gasteiger charge is 2.22. The van der Waals surface area contributed by atoms with Crippen molar-refractivity contribution in [3.63, 3.8) is 0 Å². The van der Waals surface area contributed by atoms with Gasteiger partial charge in [0, 0.05) is 16.6 Å². The third-order valence-electron chi connectivity index (χ3n) is 4.80. The predicted molar refractivity (Wildman–Crippen MR) is 110 cm³/mol. The van der Waals surface area contributed by atoms with E-state index in [2.05, 4.69) is 17.0 Å². The Kier molecular flexibility index (Phi) is 6.03. The number of hydrogen-bond acceptors (Lipinski definition) is 4. The summed E-state index contributed by atoms with van der Waals surface area (Å²) >= 11 is 1.57. The minimum atomic E-state index is -3.53. The standard InChI is InChI=1S/C20H26N2O3S2/c1-4-14-5-10-18-15(11-14)12-19(26-18)20(23)21-16-6-8-17(9-7-16)27(24,25)22-13(2)3/h6-9,12-14,22H,4-5,10-11H2,1-3H3,(H,21,23)/t14-/m1/s1. The van der Waals surface area contributed by atoms with Gasteiger partial charge >= 0.3 is 0 Å². The lowest BCUT2D eigenvalue weighted by Crippen LogP contribution is -2.30. The van der Waals surface area contributed by atoms with Crippen LogP contribution in [0.25, 0.3) is 0 Å². The van der Waals surface area contributed by atoms with E-state index in [9.17, 15) is 13.2 Å². The number of sulfonamides is 1. The van der Waals surface area contributed by atoms with Crippen LogP contribution in [0.2, 0.25) is 0 Å². The summed E-state index contributed by atoms with van der Waals surface area (Å²) in [5.41, 5.74) is 1.89. The second-order valence-corrected chi connectivity index (χ2v) is 10.2. The number of rotatable bonds is 6. The van der Waals surface area contributed by atoms with Crippen LogP contribution in [0, 0.1) is 5.92 Å². The lowest BCUT2D eigenvalue weighted by molar-refractivity contribution is 0.103. The van der Waals surface area contributed by atoms with Gasteiger partial charge in [-0.1, -0.05) is 13.3 Å². The Hall–Kier alpha value is -1.70. The van der Waals surface area contributed by atoms with Crippen LogP contribution < -0.4 is 10.0 Å². The number of nitrogens with one attached hydrogen (secondary N) is 2. The molecule has 1 atom stereocenters. The van der Waals surface area contributed by atoms with E-state index in [0.29, 0.717) is 5.69 Å². The zero-order valence-corrected chi connectivity index (χ0v) is 17.5. The summed E-state index contributed by atoms with van der Waals surface area (Å²) in [7, 11) is -3.53. The predicted octanol–water partition coefficient (Wildman–Crippen LogP) is 4.20. The Morgan fingerprint density at radius 3 is 2.59 bits per heavy atom. The highest BCUT2D eigenvalue weighted by atomic mass is 32.2. The van der Waals surface area contributed by atoms with Crippen molar-refractivity contribution in [1.29, 1.82) is 0 Å². The van der Waals surface area contributed by atoms with Crippen LogP contribution in [0.1, 0.15) is 53.7 Å². The smallest absolute Gasteiger partial charge is 0.265 e. The van der Waals surface area contributed by atoms with Gasteiger partial charge in [-0.05, 0) is 74.9 Å². The molecule has 27 heavy (non-hydrogen) atoms. The highest BCUT2D eigenvalue weighted by molar-refractivity contribution is 7.89. The van der Waals surface area contributed by atoms with E-state index >= 15 is 0 Å². The summed E-state index contributed by atoms with van der Waals surface area (Å²) in [6, 6.07) is 8.09. The van der Waals surface area contributed by atoms with Gasteiger partial charge in [0.05, 0.1) is 9.77 Å². The molecule has 2 aromatic rings. The van der Waals surface area contributed by atoms with E-state index in [1.807, 2.05) is 6.07 Å². The van der Waals surface area contributed by atoms with Crippen molar-refractivity contribution < 1.29 is 13.2 Å². The number of hydrogen-bond donors (Lipinski definition) is 2. The van der Waals surface area contributed by atoms with Gasteiger partial charge in [-0.25, -0.2) is 13.1 Å². The van der Waals surface area contributed by atoms with Crippen LogP contribution in [0.15, 0.2) is 35.2 Å². The molecule has 3 rings (SSSR count). The van der Waals surface area contributed by atoms with Crippen LogP contribution in [-0.4, -0.2) is 20.4 Å². The quantitative estimate of drug-likeness (QED) is 0.755. The highest BCUT2D eigenvalue weighted by Crippen LogP contribution is 2.33. The third-order valence-corrected chi connectivity index (χ3v) is 7.71. The Morgan fingerprint density at radius 1 is 1.26 bits per heavy atom. The van der Waals surface area contributed by atoms with Crippen molar-refractivity contribution >= 4 is 33.0 Å². The number of amides is 1. The SMILES string of the molecule is CC[C@@H]1CCc2sc(C(=O)Nc3ccc(S(=O)(=O)NC(C)C)cc3)cc2C1. The second-order valence-electron chi connectivity index (χ2n) is 7.33. The number of aryl methyl sites for hydroxylation is 1. The van der Waals surface area contributed by atoms with Gasteiger partial charge in [0.1, 0.15) is 0 Å². The molecule has 0 fully saturated rings. The fourth-order valence-electron chi connectivity index (χ4n) is 3.35. The largest absolute Gasteiger partial charge is 0.321 e. The zero-order valence-electron chi connectivity index (χ0n) is 15.9. The number of carbonyl (C=O) groups excluding carboxylic acids is 1. The average molecular weight is 407 g/mol. The first-order chi connectivity index (χ1) is 12.8. The Bertz CT molecular complexity index is 915. The number of benzene rings is 1. The van der Waals surface area contributed by atoms with Crippen molar-refractivity contribution in [2.75, 3.05) is 5.32 Å². The molecule has 0 unspecified atom stereocenters. The first kappa shape index (κ1) is 20.0. The van der Waals surface area contributed by atoms with E-state index in [1.54, 1.807) is 37.3 Å². The van der Waals surface area contributed by atoms with E-state index < -0.39 is 10.0 Å². The maximum atomic E-state index is 12.6. The maximum Gasteiger partial charge on any atom is 0.265 e. The fourth-order valence-corrected chi connectivity index (χ4v) is 5.70. The topological polar surface area (TPSA) is 75.3 Å². The molecule has 2 N–H and O–H groups in total. The summed E-state index contributed by atoms with van der Waals surface area (Å²) in [5, 5.41) is 2.87. The number of thiophene rings is 1. The summed E-state index contributed by atoms with van der Waals surface area (Å²) in [6.45, 7) is 5.77. The lowest BCUT2D eigenvalue weighted by Gasteiger charge is -2.19. The minimum absolute atomic E-state index is 0.140. The molecule has 1 aromatic carbocycles. The number of fused-ring (bicyclic) bond motifs is 1. The van der Waals surface area contributed by atoms with Crippen molar-refractivity contribution in [2.45, 2.75) is 57.4 Å². The van der Waals surface area contributed by atoms with Gasteiger partial charge in [-0.3, -0.25) is 4.79 Å². The van der Waals surface area contributed by atoms with Gasteiger partial charge in [-0.2, -0.15) is 0 Å². The van der Waals surface area contributed by atoms with Crippen LogP contribution in [0.3, 0.4) is 0 Å². The summed E-state index contributed by atoms with van der Waals surface area (Å²) in [6.07, 6.45) is 4.50. The van der Waals surface area contributed by atoms with Crippen molar-refractivity contribution in [2.24, 2.45) is 5.92 Å². The third kappa shape index (κ3) is 4.78. The molecule has 7 heteroatoms. The van der Waals surface area contributed by atoms with Gasteiger partial charge in [0.15, 0.2) is 0 Å². The van der Waals surface area contributed by atoms with E-state index in [4.69, 9.17) is 0 Å². The lowest BCUT2D eigenvalue weighted by atomic mass is 9.87. The van der Waals surface area contributed by atoms with Crippen LogP contribution in [0.5, 0.6) is 0 Å². The maximum absolute atomic E-state index is 12.6. The molecule has 5 nitrogen and oxygen atoms in total. The molecule has 0 saturated heterocycles. The van der Waals surface area contributed by atoms with Crippen LogP contribution in [0.4, 0.5) is 5.69 Å². The molecule has 1 aromatic heterocycles. The molecule has 0 radical (unpaired) electrons. The van der Waals surface area contributed by atoms with Gasteiger partial charge < -0.3 is 5.32 Å². The van der Waals surface area contributed by atoms with E-state index in [1.165, 1.54) is 35.4 Å². The summed E-state index contributed by atoms with van der Waals surface area (Å²) < 4.78 is 26.9. The summed E-state index contributed by atoms with van der Waals surface area (Å²) in [5.74, 6) is 0.579. The average Bonchev–Trinajstić information content (AvgIpc) is 3.04. The molecule has 0 saturated carbocycles. The second kappa shape index (κ2) is 8.12. The van der Waals surface area contributed by atoms with Gasteiger partial charge in [0.2, 0.25) is 10.0 Å². The van der Waals surface area contributed by atoms with E-state index in [-0.39, 0.29) is 16.8 Å². The number of carbonyl (C=O) groups is 1. The normalized spacial score (nSPS) is 17.0. The molecule has 0 aliphatic heterocycles. The molecular formula is C20H26N2O3S2. The first-order valence-electron chi connectivity index (χ1n) is 9.34. The molecule has 1 amide bonds. The van der Waals surface area contributed by atoms with E-state index in [0.717, 1.165) is 23.6 Å². The first-order valence-corrected chi connectivity index (χ1v) is 11.6.